The quantitative estimate of drug-likeness (QED) is 0.326. The van der Waals surface area contributed by atoms with Gasteiger partial charge in [-0.05, 0) is 50.1 Å². The van der Waals surface area contributed by atoms with Gasteiger partial charge in [-0.3, -0.25) is 19.6 Å². The van der Waals surface area contributed by atoms with Gasteiger partial charge in [0.2, 0.25) is 11.5 Å². The standard InChI is InChI=1S/C11H7Br2N3O3S/c1-15-5-8(16(18)19)10(14-15)9(17)3-2-6-4-7(12)11(13)20-6/h2-5H,1H3/b3-2+. The molecule has 0 saturated carbocycles. The Bertz CT molecular complexity index is 701. The van der Waals surface area contributed by atoms with Crippen LogP contribution in [-0.2, 0) is 7.05 Å². The molecule has 0 bridgehead atoms. The van der Waals surface area contributed by atoms with Gasteiger partial charge in [0.15, 0.2) is 0 Å². The molecule has 9 heteroatoms. The monoisotopic (exact) mass is 419 g/mol. The number of nitro groups is 1. The number of hydrogen-bond acceptors (Lipinski definition) is 5. The van der Waals surface area contributed by atoms with Crippen molar-refractivity contribution in [3.63, 3.8) is 0 Å². The molecule has 0 N–H and O–H groups in total. The molecule has 0 spiro atoms. The Morgan fingerprint density at radius 3 is 2.80 bits per heavy atom. The molecule has 2 heterocycles. The summed E-state index contributed by atoms with van der Waals surface area (Å²) in [7, 11) is 1.53. The van der Waals surface area contributed by atoms with Crippen molar-refractivity contribution in [3.8, 4) is 0 Å². The van der Waals surface area contributed by atoms with E-state index in [4.69, 9.17) is 0 Å². The first-order valence-corrected chi connectivity index (χ1v) is 7.64. The molecule has 0 aliphatic rings. The third-order valence-electron chi connectivity index (χ3n) is 2.30. The molecule has 0 unspecified atom stereocenters. The van der Waals surface area contributed by atoms with Gasteiger partial charge in [0.25, 0.3) is 0 Å². The second kappa shape index (κ2) is 5.98. The summed E-state index contributed by atoms with van der Waals surface area (Å²) in [5, 5.41) is 14.7. The van der Waals surface area contributed by atoms with Crippen LogP contribution in [0.4, 0.5) is 5.69 Å². The summed E-state index contributed by atoms with van der Waals surface area (Å²) in [4.78, 5) is 23.0. The van der Waals surface area contributed by atoms with Gasteiger partial charge >= 0.3 is 5.69 Å². The first kappa shape index (κ1) is 15.1. The summed E-state index contributed by atoms with van der Waals surface area (Å²) in [5.74, 6) is -0.502. The van der Waals surface area contributed by atoms with Gasteiger partial charge in [-0.1, -0.05) is 0 Å². The fraction of sp³-hybridized carbons (Fsp3) is 0.0909. The number of carbonyl (C=O) groups is 1. The van der Waals surface area contributed by atoms with Gasteiger partial charge in [0.1, 0.15) is 6.20 Å². The second-order valence-electron chi connectivity index (χ2n) is 3.76. The van der Waals surface area contributed by atoms with Gasteiger partial charge in [-0.15, -0.1) is 11.3 Å². The maximum Gasteiger partial charge on any atom is 0.318 e. The number of thiophene rings is 1. The molecule has 0 saturated heterocycles. The maximum atomic E-state index is 12.0. The molecule has 0 amide bonds. The van der Waals surface area contributed by atoms with Crippen molar-refractivity contribution < 1.29 is 9.72 Å². The van der Waals surface area contributed by atoms with Crippen LogP contribution in [0.1, 0.15) is 15.4 Å². The number of hydrogen-bond donors (Lipinski definition) is 0. The van der Waals surface area contributed by atoms with Crippen molar-refractivity contribution in [1.29, 1.82) is 0 Å². The van der Waals surface area contributed by atoms with E-state index in [0.29, 0.717) is 0 Å². The van der Waals surface area contributed by atoms with Gasteiger partial charge in [-0.25, -0.2) is 0 Å². The number of rotatable bonds is 4. The van der Waals surface area contributed by atoms with E-state index in [-0.39, 0.29) is 11.4 Å². The Morgan fingerprint density at radius 2 is 2.25 bits per heavy atom. The van der Waals surface area contributed by atoms with Crippen molar-refractivity contribution in [2.24, 2.45) is 7.05 Å². The Balaban J connectivity index is 2.26. The summed E-state index contributed by atoms with van der Waals surface area (Å²) < 4.78 is 3.05. The van der Waals surface area contributed by atoms with Gasteiger partial charge in [0.05, 0.1) is 8.71 Å². The predicted octanol–water partition coefficient (Wildman–Crippen LogP) is 3.81. The highest BCUT2D eigenvalue weighted by molar-refractivity contribution is 9.13. The molecule has 20 heavy (non-hydrogen) atoms. The van der Waals surface area contributed by atoms with Crippen molar-refractivity contribution in [3.05, 3.63) is 47.3 Å². The van der Waals surface area contributed by atoms with Crippen molar-refractivity contribution in [2.45, 2.75) is 0 Å². The smallest absolute Gasteiger partial charge is 0.287 e. The number of aromatic nitrogens is 2. The summed E-state index contributed by atoms with van der Waals surface area (Å²) in [5.41, 5.74) is -0.459. The minimum Gasteiger partial charge on any atom is -0.287 e. The summed E-state index contributed by atoms with van der Waals surface area (Å²) in [6.07, 6.45) is 4.08. The van der Waals surface area contributed by atoms with E-state index in [1.165, 1.54) is 35.3 Å². The van der Waals surface area contributed by atoms with Crippen molar-refractivity contribution in [1.82, 2.24) is 9.78 Å². The highest BCUT2D eigenvalue weighted by atomic mass is 79.9. The number of halogens is 2. The van der Waals surface area contributed by atoms with E-state index in [0.717, 1.165) is 13.1 Å². The molecule has 2 rings (SSSR count). The lowest BCUT2D eigenvalue weighted by Crippen LogP contribution is -2.00. The van der Waals surface area contributed by atoms with Gasteiger partial charge in [-0.2, -0.15) is 5.10 Å². The van der Waals surface area contributed by atoms with Crippen molar-refractivity contribution in [2.75, 3.05) is 0 Å². The Kier molecular flexibility index (Phi) is 4.51. The van der Waals surface area contributed by atoms with Gasteiger partial charge < -0.3 is 0 Å². The largest absolute Gasteiger partial charge is 0.318 e. The molecule has 0 aliphatic carbocycles. The maximum absolute atomic E-state index is 12.0. The zero-order chi connectivity index (χ0) is 14.9. The summed E-state index contributed by atoms with van der Waals surface area (Å²) in [6, 6.07) is 1.84. The van der Waals surface area contributed by atoms with Crippen LogP contribution in [0, 0.1) is 10.1 Å². The number of ketones is 1. The topological polar surface area (TPSA) is 78.0 Å². The average molecular weight is 421 g/mol. The van der Waals surface area contributed by atoms with Crippen LogP contribution in [0.2, 0.25) is 0 Å². The fourth-order valence-corrected chi connectivity index (χ4v) is 3.46. The zero-order valence-electron chi connectivity index (χ0n) is 10.0. The van der Waals surface area contributed by atoms with Gasteiger partial charge in [0, 0.05) is 16.4 Å². The molecule has 2 aromatic heterocycles. The minimum atomic E-state index is -0.619. The van der Waals surface area contributed by atoms with E-state index < -0.39 is 10.7 Å². The zero-order valence-corrected chi connectivity index (χ0v) is 14.0. The first-order chi connectivity index (χ1) is 9.38. The molecular formula is C11H7Br2N3O3S. The third kappa shape index (κ3) is 3.22. The number of allylic oxidation sites excluding steroid dienone is 1. The van der Waals surface area contributed by atoms with E-state index in [2.05, 4.69) is 37.0 Å². The number of carbonyl (C=O) groups excluding carboxylic acids is 1. The minimum absolute atomic E-state index is 0.163. The van der Waals surface area contributed by atoms with E-state index in [9.17, 15) is 14.9 Å². The van der Waals surface area contributed by atoms with E-state index in [1.807, 2.05) is 6.07 Å². The lowest BCUT2D eigenvalue weighted by Gasteiger charge is -1.89. The molecule has 0 aromatic carbocycles. The normalized spacial score (nSPS) is 11.2. The highest BCUT2D eigenvalue weighted by Gasteiger charge is 2.23. The van der Waals surface area contributed by atoms with Crippen LogP contribution in [0.3, 0.4) is 0 Å². The lowest BCUT2D eigenvalue weighted by atomic mass is 10.2. The van der Waals surface area contributed by atoms with Crippen LogP contribution in [0.5, 0.6) is 0 Å². The Hall–Kier alpha value is -1.32. The van der Waals surface area contributed by atoms with Crippen molar-refractivity contribution >= 4 is 60.7 Å². The third-order valence-corrected chi connectivity index (χ3v) is 5.52. The van der Waals surface area contributed by atoms with Crippen LogP contribution < -0.4 is 0 Å². The Labute approximate surface area is 134 Å². The molecule has 0 fully saturated rings. The number of aryl methyl sites for hydroxylation is 1. The second-order valence-corrected chi connectivity index (χ2v) is 7.02. The average Bonchev–Trinajstić information content (AvgIpc) is 2.91. The summed E-state index contributed by atoms with van der Waals surface area (Å²) >= 11 is 8.13. The van der Waals surface area contributed by atoms with E-state index in [1.54, 1.807) is 6.08 Å². The van der Waals surface area contributed by atoms with Crippen LogP contribution in [0.15, 0.2) is 26.6 Å². The SMILES string of the molecule is Cn1cc([N+](=O)[O-])c(C(=O)/C=C/c2cc(Br)c(Br)s2)n1. The molecule has 2 aromatic rings. The van der Waals surface area contributed by atoms with Crippen LogP contribution in [0.25, 0.3) is 6.08 Å². The van der Waals surface area contributed by atoms with Crippen LogP contribution in [-0.4, -0.2) is 20.5 Å². The van der Waals surface area contributed by atoms with E-state index >= 15 is 0 Å². The molecule has 6 nitrogen and oxygen atoms in total. The molecule has 0 atom stereocenters. The molecule has 0 aliphatic heterocycles. The van der Waals surface area contributed by atoms with Crippen LogP contribution >= 0.6 is 43.2 Å². The predicted molar refractivity (Wildman–Crippen MR) is 82.9 cm³/mol. The Morgan fingerprint density at radius 1 is 1.55 bits per heavy atom. The molecular weight excluding hydrogens is 414 g/mol. The first-order valence-electron chi connectivity index (χ1n) is 5.23. The molecule has 104 valence electrons. The highest BCUT2D eigenvalue weighted by Crippen LogP contribution is 2.33. The lowest BCUT2D eigenvalue weighted by molar-refractivity contribution is -0.385. The number of nitrogens with zero attached hydrogens (tertiary/aromatic N) is 3. The fourth-order valence-electron chi connectivity index (χ4n) is 1.47. The molecule has 0 radical (unpaired) electrons. The summed E-state index contributed by atoms with van der Waals surface area (Å²) in [6.45, 7) is 0.